The van der Waals surface area contributed by atoms with Gasteiger partial charge in [0.1, 0.15) is 6.33 Å². The molecule has 0 N–H and O–H groups in total. The second kappa shape index (κ2) is 4.87. The minimum atomic E-state index is 0. The molecule has 0 fully saturated rings. The molecule has 0 saturated carbocycles. The largest absolute Gasteiger partial charge is 0.245 e. The third kappa shape index (κ3) is 3.31. The molecule has 0 spiro atoms. The summed E-state index contributed by atoms with van der Waals surface area (Å²) in [5.74, 6) is 0. The molecule has 0 atom stereocenters. The summed E-state index contributed by atoms with van der Waals surface area (Å²) in [6, 6.07) is 1.78. The third-order valence-corrected chi connectivity index (χ3v) is 0.478. The van der Waals surface area contributed by atoms with Gasteiger partial charge in [0.25, 0.3) is 0 Å². The van der Waals surface area contributed by atoms with Gasteiger partial charge in [-0.05, 0) is 6.07 Å². The van der Waals surface area contributed by atoms with E-state index in [1.165, 1.54) is 6.33 Å². The van der Waals surface area contributed by atoms with E-state index >= 15 is 0 Å². The molecule has 0 unspecified atom stereocenters. The average Bonchev–Trinajstić information content (AvgIpc) is 1.72. The zero-order valence-electron chi connectivity index (χ0n) is 4.20. The van der Waals surface area contributed by atoms with Gasteiger partial charge in [-0.2, -0.15) is 0 Å². The number of rotatable bonds is 0. The van der Waals surface area contributed by atoms with Crippen molar-refractivity contribution in [1.82, 2.24) is 9.97 Å². The number of hydrogen-bond donors (Lipinski definition) is 0. The van der Waals surface area contributed by atoms with E-state index in [0.717, 1.165) is 0 Å². The summed E-state index contributed by atoms with van der Waals surface area (Å²) in [5, 5.41) is 0. The molecule has 0 aliphatic rings. The van der Waals surface area contributed by atoms with Crippen molar-refractivity contribution < 1.29 is 0 Å². The van der Waals surface area contributed by atoms with Crippen molar-refractivity contribution in [1.29, 1.82) is 0 Å². The normalized spacial score (nSPS) is 6.86. The summed E-state index contributed by atoms with van der Waals surface area (Å²) < 4.78 is 0. The van der Waals surface area contributed by atoms with Gasteiger partial charge in [-0.25, -0.2) is 9.97 Å². The molecule has 1 aromatic heterocycles. The van der Waals surface area contributed by atoms with Gasteiger partial charge in [-0.3, -0.25) is 0 Å². The fourth-order valence-corrected chi connectivity index (χ4v) is 0.253. The van der Waals surface area contributed by atoms with Crippen LogP contribution < -0.4 is 0 Å². The van der Waals surface area contributed by atoms with E-state index in [2.05, 4.69) is 9.97 Å². The monoisotopic (exact) mass is 119 g/mol. The van der Waals surface area contributed by atoms with Crippen LogP contribution in [0.2, 0.25) is 0 Å². The first-order valence-corrected chi connectivity index (χ1v) is 1.70. The Morgan fingerprint density at radius 2 is 1.57 bits per heavy atom. The molecule has 0 aliphatic carbocycles. The summed E-state index contributed by atoms with van der Waals surface area (Å²) >= 11 is 0. The molecular weight excluding hydrogens is 115 g/mol. The van der Waals surface area contributed by atoms with E-state index in [9.17, 15) is 0 Å². The fraction of sp³-hybridized carbons (Fsp3) is 0. The smallest absolute Gasteiger partial charge is 0.115 e. The molecule has 0 aromatic carbocycles. The maximum Gasteiger partial charge on any atom is 0.115 e. The molecule has 3 heteroatoms. The Bertz CT molecular complexity index is 81.6. The zero-order valence-corrected chi connectivity index (χ0v) is 7.33. The molecule has 0 aliphatic heterocycles. The van der Waals surface area contributed by atoms with Crippen molar-refractivity contribution in [2.75, 3.05) is 0 Å². The van der Waals surface area contributed by atoms with Crippen LogP contribution in [0.4, 0.5) is 0 Å². The van der Waals surface area contributed by atoms with Gasteiger partial charge in [-0.15, -0.1) is 0 Å². The van der Waals surface area contributed by atoms with E-state index < -0.39 is 0 Å². The Kier molecular flexibility index (Phi) is 5.36. The molecule has 1 radical (unpaired) electrons. The van der Waals surface area contributed by atoms with Crippen LogP contribution in [0.1, 0.15) is 0 Å². The van der Waals surface area contributed by atoms with Crippen LogP contribution in [0.3, 0.4) is 0 Å². The summed E-state index contributed by atoms with van der Waals surface area (Å²) in [4.78, 5) is 7.35. The molecule has 31 valence electrons. The zero-order chi connectivity index (χ0) is 4.24. The summed E-state index contributed by atoms with van der Waals surface area (Å²) in [5.41, 5.74) is 0. The number of aromatic nitrogens is 2. The Balaban J connectivity index is 0.000000360. The number of hydrogen-bond acceptors (Lipinski definition) is 2. The van der Waals surface area contributed by atoms with Gasteiger partial charge in [0, 0.05) is 63.8 Å². The van der Waals surface area contributed by atoms with Gasteiger partial charge in [0.05, 0.1) is 0 Å². The van der Waals surface area contributed by atoms with Gasteiger partial charge < -0.3 is 0 Å². The summed E-state index contributed by atoms with van der Waals surface area (Å²) in [6.07, 6.45) is 4.88. The molecule has 0 saturated heterocycles. The molecule has 1 rings (SSSR count). The predicted octanol–water partition coefficient (Wildman–Crippen LogP) is 0.0958. The van der Waals surface area contributed by atoms with Gasteiger partial charge in [0.2, 0.25) is 0 Å². The topological polar surface area (TPSA) is 25.8 Å². The SMILES string of the molecule is [K].c1cncnc1. The predicted molar refractivity (Wildman–Crippen MR) is 27.8 cm³/mol. The number of nitrogens with zero attached hydrogens (tertiary/aromatic N) is 2. The standard InChI is InChI=1S/C4H4N2.K/c1-2-5-4-6-3-1;/h1-4H;. The molecule has 2 nitrogen and oxygen atoms in total. The van der Waals surface area contributed by atoms with Crippen molar-refractivity contribution >= 4 is 51.4 Å². The fourth-order valence-electron chi connectivity index (χ4n) is 0.253. The van der Waals surface area contributed by atoms with Crippen molar-refractivity contribution in [2.24, 2.45) is 0 Å². The molecular formula is C4H4KN2. The minimum absolute atomic E-state index is 0. The van der Waals surface area contributed by atoms with Crippen molar-refractivity contribution in [3.63, 3.8) is 0 Å². The van der Waals surface area contributed by atoms with E-state index in [-0.39, 0.29) is 51.4 Å². The van der Waals surface area contributed by atoms with Crippen molar-refractivity contribution in [3.05, 3.63) is 24.8 Å². The van der Waals surface area contributed by atoms with Crippen LogP contribution in [0.25, 0.3) is 0 Å². The van der Waals surface area contributed by atoms with Crippen LogP contribution in [-0.4, -0.2) is 61.4 Å². The van der Waals surface area contributed by atoms with Gasteiger partial charge in [-0.1, -0.05) is 0 Å². The average molecular weight is 119 g/mol. The second-order valence-corrected chi connectivity index (χ2v) is 0.904. The molecule has 0 amide bonds. The Morgan fingerprint density at radius 1 is 1.00 bits per heavy atom. The second-order valence-electron chi connectivity index (χ2n) is 0.904. The van der Waals surface area contributed by atoms with Crippen LogP contribution in [0, 0.1) is 0 Å². The van der Waals surface area contributed by atoms with Crippen LogP contribution in [-0.2, 0) is 0 Å². The van der Waals surface area contributed by atoms with E-state index in [4.69, 9.17) is 0 Å². The van der Waals surface area contributed by atoms with Gasteiger partial charge >= 0.3 is 0 Å². The molecule has 7 heavy (non-hydrogen) atoms. The molecule has 1 aromatic rings. The quantitative estimate of drug-likeness (QED) is 0.452. The van der Waals surface area contributed by atoms with Crippen molar-refractivity contribution in [2.45, 2.75) is 0 Å². The summed E-state index contributed by atoms with van der Waals surface area (Å²) in [7, 11) is 0. The van der Waals surface area contributed by atoms with Crippen LogP contribution in [0.5, 0.6) is 0 Å². The summed E-state index contributed by atoms with van der Waals surface area (Å²) in [6.45, 7) is 0. The van der Waals surface area contributed by atoms with Gasteiger partial charge in [0.15, 0.2) is 0 Å². The maximum absolute atomic E-state index is 3.67. The first kappa shape index (κ1) is 7.72. The Labute approximate surface area is 84.8 Å². The first-order chi connectivity index (χ1) is 3.00. The Hall–Kier alpha value is 0.716. The van der Waals surface area contributed by atoms with E-state index in [0.29, 0.717) is 0 Å². The van der Waals surface area contributed by atoms with Crippen LogP contribution in [0.15, 0.2) is 24.8 Å². The maximum atomic E-state index is 3.67. The third-order valence-electron chi connectivity index (χ3n) is 0.478. The minimum Gasteiger partial charge on any atom is -0.245 e. The molecule has 1 heterocycles. The van der Waals surface area contributed by atoms with Crippen LogP contribution >= 0.6 is 0 Å². The van der Waals surface area contributed by atoms with E-state index in [1.54, 1.807) is 18.5 Å². The Morgan fingerprint density at radius 3 is 1.71 bits per heavy atom. The first-order valence-electron chi connectivity index (χ1n) is 1.70. The van der Waals surface area contributed by atoms with Crippen molar-refractivity contribution in [3.8, 4) is 0 Å². The molecule has 0 bridgehead atoms. The van der Waals surface area contributed by atoms with E-state index in [1.807, 2.05) is 0 Å².